The zero-order valence-electron chi connectivity index (χ0n) is 12.0. The van der Waals surface area contributed by atoms with Crippen LogP contribution in [0.3, 0.4) is 0 Å². The number of hydrogen-bond acceptors (Lipinski definition) is 3. The molecule has 0 aromatic rings. The van der Waals surface area contributed by atoms with Gasteiger partial charge in [0, 0.05) is 38.6 Å². The third kappa shape index (κ3) is 4.49. The Labute approximate surface area is 115 Å². The highest BCUT2D eigenvalue weighted by atomic mass is 16.2. The first-order chi connectivity index (χ1) is 9.06. The standard InChI is InChI=1S/C14H25N3O2/c1-11(2)16-6-5-14(19)17(8-7-16)10-13(18)15-9-12-3-4-12/h11-12H,3-10H2,1-2H3,(H,15,18). The van der Waals surface area contributed by atoms with Crippen LogP contribution in [0.15, 0.2) is 0 Å². The maximum absolute atomic E-state index is 12.0. The van der Waals surface area contributed by atoms with Gasteiger partial charge < -0.3 is 10.2 Å². The van der Waals surface area contributed by atoms with Gasteiger partial charge in [-0.3, -0.25) is 14.5 Å². The summed E-state index contributed by atoms with van der Waals surface area (Å²) in [5.41, 5.74) is 0. The molecule has 5 heteroatoms. The molecular weight excluding hydrogens is 242 g/mol. The van der Waals surface area contributed by atoms with Crippen molar-refractivity contribution in [3.8, 4) is 0 Å². The zero-order valence-corrected chi connectivity index (χ0v) is 12.0. The predicted octanol–water partition coefficient (Wildman–Crippen LogP) is 0.455. The van der Waals surface area contributed by atoms with Crippen molar-refractivity contribution in [1.29, 1.82) is 0 Å². The van der Waals surface area contributed by atoms with Crippen molar-refractivity contribution in [2.24, 2.45) is 5.92 Å². The molecule has 1 saturated carbocycles. The molecule has 108 valence electrons. The molecule has 1 aliphatic carbocycles. The van der Waals surface area contributed by atoms with E-state index in [9.17, 15) is 9.59 Å². The fourth-order valence-corrected chi connectivity index (χ4v) is 2.38. The SMILES string of the molecule is CC(C)N1CCC(=O)N(CC(=O)NCC2CC2)CC1. The Balaban J connectivity index is 1.77. The number of nitrogens with one attached hydrogen (secondary N) is 1. The van der Waals surface area contributed by atoms with Gasteiger partial charge >= 0.3 is 0 Å². The van der Waals surface area contributed by atoms with Gasteiger partial charge in [0.2, 0.25) is 11.8 Å². The van der Waals surface area contributed by atoms with E-state index in [0.717, 1.165) is 19.6 Å². The van der Waals surface area contributed by atoms with Crippen LogP contribution >= 0.6 is 0 Å². The van der Waals surface area contributed by atoms with E-state index in [-0.39, 0.29) is 18.4 Å². The summed E-state index contributed by atoms with van der Waals surface area (Å²) in [5.74, 6) is 0.767. The predicted molar refractivity (Wildman–Crippen MR) is 73.6 cm³/mol. The highest BCUT2D eigenvalue weighted by molar-refractivity contribution is 5.85. The number of rotatable bonds is 5. The fourth-order valence-electron chi connectivity index (χ4n) is 2.38. The van der Waals surface area contributed by atoms with Crippen molar-refractivity contribution in [2.75, 3.05) is 32.7 Å². The average molecular weight is 267 g/mol. The Kier molecular flexibility index (Phi) is 4.80. The van der Waals surface area contributed by atoms with Crippen LogP contribution in [0.5, 0.6) is 0 Å². The summed E-state index contributed by atoms with van der Waals surface area (Å²) in [5, 5.41) is 2.92. The van der Waals surface area contributed by atoms with Crippen LogP contribution < -0.4 is 5.32 Å². The second-order valence-corrected chi connectivity index (χ2v) is 5.94. The van der Waals surface area contributed by atoms with Gasteiger partial charge in [0.25, 0.3) is 0 Å². The molecule has 0 aromatic carbocycles. The van der Waals surface area contributed by atoms with Crippen LogP contribution in [-0.2, 0) is 9.59 Å². The Morgan fingerprint density at radius 1 is 1.32 bits per heavy atom. The minimum absolute atomic E-state index is 0.0155. The molecule has 19 heavy (non-hydrogen) atoms. The van der Waals surface area contributed by atoms with Gasteiger partial charge in [-0.05, 0) is 32.6 Å². The smallest absolute Gasteiger partial charge is 0.239 e. The molecule has 1 heterocycles. The summed E-state index contributed by atoms with van der Waals surface area (Å²) in [4.78, 5) is 27.8. The minimum atomic E-state index is -0.0155. The fraction of sp³-hybridized carbons (Fsp3) is 0.857. The van der Waals surface area contributed by atoms with Crippen molar-refractivity contribution in [1.82, 2.24) is 15.1 Å². The summed E-state index contributed by atoms with van der Waals surface area (Å²) in [6, 6.07) is 0.455. The Hall–Kier alpha value is -1.10. The van der Waals surface area contributed by atoms with Crippen LogP contribution in [0.1, 0.15) is 33.1 Å². The van der Waals surface area contributed by atoms with Crippen LogP contribution in [0, 0.1) is 5.92 Å². The molecule has 0 aromatic heterocycles. The number of hydrogen-bond donors (Lipinski definition) is 1. The van der Waals surface area contributed by atoms with Crippen LogP contribution in [0.25, 0.3) is 0 Å². The molecule has 2 aliphatic rings. The van der Waals surface area contributed by atoms with E-state index < -0.39 is 0 Å². The minimum Gasteiger partial charge on any atom is -0.354 e. The molecule has 0 unspecified atom stereocenters. The largest absolute Gasteiger partial charge is 0.354 e. The molecule has 0 radical (unpaired) electrons. The van der Waals surface area contributed by atoms with Crippen molar-refractivity contribution in [3.05, 3.63) is 0 Å². The third-order valence-corrected chi connectivity index (χ3v) is 3.97. The van der Waals surface area contributed by atoms with E-state index in [1.54, 1.807) is 4.90 Å². The molecular formula is C14H25N3O2. The topological polar surface area (TPSA) is 52.7 Å². The first-order valence-electron chi connectivity index (χ1n) is 7.35. The van der Waals surface area contributed by atoms with E-state index in [4.69, 9.17) is 0 Å². The van der Waals surface area contributed by atoms with Gasteiger partial charge in [0.1, 0.15) is 0 Å². The van der Waals surface area contributed by atoms with E-state index >= 15 is 0 Å². The van der Waals surface area contributed by atoms with E-state index in [1.165, 1.54) is 12.8 Å². The quantitative estimate of drug-likeness (QED) is 0.787. The molecule has 0 bridgehead atoms. The molecule has 0 atom stereocenters. The highest BCUT2D eigenvalue weighted by Gasteiger charge is 2.25. The van der Waals surface area contributed by atoms with Gasteiger partial charge in [-0.25, -0.2) is 0 Å². The maximum Gasteiger partial charge on any atom is 0.239 e. The summed E-state index contributed by atoms with van der Waals surface area (Å²) in [6.07, 6.45) is 2.98. The number of nitrogens with zero attached hydrogens (tertiary/aromatic N) is 2. The monoisotopic (exact) mass is 267 g/mol. The molecule has 1 N–H and O–H groups in total. The van der Waals surface area contributed by atoms with E-state index in [1.807, 2.05) is 0 Å². The van der Waals surface area contributed by atoms with Crippen molar-refractivity contribution in [3.63, 3.8) is 0 Å². The molecule has 1 aliphatic heterocycles. The molecule has 2 amide bonds. The number of carbonyl (C=O) groups excluding carboxylic acids is 2. The maximum atomic E-state index is 12.0. The van der Waals surface area contributed by atoms with Crippen molar-refractivity contribution < 1.29 is 9.59 Å². The van der Waals surface area contributed by atoms with E-state index in [2.05, 4.69) is 24.1 Å². The molecule has 5 nitrogen and oxygen atoms in total. The molecule has 1 saturated heterocycles. The first kappa shape index (κ1) is 14.3. The molecule has 0 spiro atoms. The lowest BCUT2D eigenvalue weighted by Gasteiger charge is -2.24. The summed E-state index contributed by atoms with van der Waals surface area (Å²) < 4.78 is 0. The van der Waals surface area contributed by atoms with E-state index in [0.29, 0.717) is 24.9 Å². The second-order valence-electron chi connectivity index (χ2n) is 5.94. The normalized spacial score (nSPS) is 21.6. The van der Waals surface area contributed by atoms with Crippen molar-refractivity contribution in [2.45, 2.75) is 39.2 Å². The summed E-state index contributed by atoms with van der Waals surface area (Å²) >= 11 is 0. The van der Waals surface area contributed by atoms with Crippen LogP contribution in [0.2, 0.25) is 0 Å². The van der Waals surface area contributed by atoms with Crippen LogP contribution in [0.4, 0.5) is 0 Å². The van der Waals surface area contributed by atoms with Gasteiger partial charge in [0.05, 0.1) is 6.54 Å². The van der Waals surface area contributed by atoms with Gasteiger partial charge in [-0.2, -0.15) is 0 Å². The second kappa shape index (κ2) is 6.37. The lowest BCUT2D eigenvalue weighted by molar-refractivity contribution is -0.135. The summed E-state index contributed by atoms with van der Waals surface area (Å²) in [6.45, 7) is 7.60. The van der Waals surface area contributed by atoms with Crippen LogP contribution in [-0.4, -0.2) is 60.4 Å². The molecule has 2 rings (SSSR count). The Bertz CT molecular complexity index is 340. The lowest BCUT2D eigenvalue weighted by Crippen LogP contribution is -2.42. The average Bonchev–Trinajstić information content (AvgIpc) is 3.17. The van der Waals surface area contributed by atoms with Gasteiger partial charge in [-0.15, -0.1) is 0 Å². The first-order valence-corrected chi connectivity index (χ1v) is 7.35. The third-order valence-electron chi connectivity index (χ3n) is 3.97. The van der Waals surface area contributed by atoms with Crippen molar-refractivity contribution >= 4 is 11.8 Å². The Morgan fingerprint density at radius 3 is 2.68 bits per heavy atom. The number of amides is 2. The number of carbonyl (C=O) groups is 2. The molecule has 2 fully saturated rings. The highest BCUT2D eigenvalue weighted by Crippen LogP contribution is 2.27. The lowest BCUT2D eigenvalue weighted by atomic mass is 10.3. The van der Waals surface area contributed by atoms with Gasteiger partial charge in [0.15, 0.2) is 0 Å². The summed E-state index contributed by atoms with van der Waals surface area (Å²) in [7, 11) is 0. The van der Waals surface area contributed by atoms with Gasteiger partial charge in [-0.1, -0.05) is 0 Å². The Morgan fingerprint density at radius 2 is 2.05 bits per heavy atom. The zero-order chi connectivity index (χ0) is 13.8.